The number of hydrogen-bond donors (Lipinski definition) is 2. The molecule has 6 nitrogen and oxygen atoms in total. The second-order valence-electron chi connectivity index (χ2n) is 4.00. The lowest BCUT2D eigenvalue weighted by atomic mass is 10.2. The Morgan fingerprint density at radius 1 is 1.68 bits per heavy atom. The predicted octanol–water partition coefficient (Wildman–Crippen LogP) is 1.41. The van der Waals surface area contributed by atoms with Gasteiger partial charge in [-0.2, -0.15) is 0 Å². The van der Waals surface area contributed by atoms with Crippen LogP contribution in [0.25, 0.3) is 0 Å². The molecule has 1 atom stereocenters. The highest BCUT2D eigenvalue weighted by molar-refractivity contribution is 7.10. The maximum Gasteiger partial charge on any atom is 0.326 e. The molecule has 0 aromatic carbocycles. The number of nitrogens with one attached hydrogen (secondary N) is 1. The summed E-state index contributed by atoms with van der Waals surface area (Å²) in [6.45, 7) is 0.381. The summed E-state index contributed by atoms with van der Waals surface area (Å²) < 4.78 is 6.77. The van der Waals surface area contributed by atoms with Crippen LogP contribution in [0.4, 0.5) is 0 Å². The maximum absolute atomic E-state index is 11.3. The number of nitrogens with zero attached hydrogens (tertiary/aromatic N) is 2. The molecule has 0 aliphatic carbocycles. The Morgan fingerprint density at radius 2 is 2.47 bits per heavy atom. The van der Waals surface area contributed by atoms with E-state index < -0.39 is 12.0 Å². The molecule has 0 spiro atoms. The van der Waals surface area contributed by atoms with Gasteiger partial charge in [0, 0.05) is 30.2 Å². The van der Waals surface area contributed by atoms with Crippen LogP contribution in [-0.4, -0.2) is 28.0 Å². The van der Waals surface area contributed by atoms with Crippen molar-refractivity contribution in [2.24, 2.45) is 7.05 Å². The van der Waals surface area contributed by atoms with Crippen LogP contribution >= 0.6 is 11.3 Å². The number of thiophene rings is 1. The molecular weight excluding hydrogens is 266 g/mol. The number of carboxylic acid groups (broad SMARTS) is 1. The number of rotatable bonds is 6. The van der Waals surface area contributed by atoms with Gasteiger partial charge in [-0.1, -0.05) is 6.07 Å². The zero-order chi connectivity index (χ0) is 13.8. The number of carboxylic acids is 1. The number of methoxy groups -OCH3 is 1. The minimum Gasteiger partial charge on any atom is -0.480 e. The molecule has 0 fully saturated rings. The molecule has 0 saturated heterocycles. The van der Waals surface area contributed by atoms with Crippen molar-refractivity contribution in [1.82, 2.24) is 15.1 Å². The van der Waals surface area contributed by atoms with Gasteiger partial charge in [-0.3, -0.25) is 14.8 Å². The summed E-state index contributed by atoms with van der Waals surface area (Å²) in [5.74, 6) is -0.393. The molecule has 0 aliphatic rings. The first-order chi connectivity index (χ1) is 9.11. The second kappa shape index (κ2) is 5.85. The zero-order valence-corrected chi connectivity index (χ0v) is 11.5. The van der Waals surface area contributed by atoms with Crippen molar-refractivity contribution in [3.8, 4) is 5.88 Å². The first-order valence-corrected chi connectivity index (χ1v) is 6.56. The standard InChI is InChI=1S/C12H15N3O3S/c1-15-7-8(11(14-15)18-2)6-13-10(12(16)17)9-4-3-5-19-9/h3-5,7,10,13H,6H2,1-2H3,(H,16,17). The normalized spacial score (nSPS) is 12.3. The highest BCUT2D eigenvalue weighted by atomic mass is 32.1. The Bertz CT molecular complexity index is 551. The van der Waals surface area contributed by atoms with Crippen molar-refractivity contribution in [2.75, 3.05) is 7.11 Å². The summed E-state index contributed by atoms with van der Waals surface area (Å²) in [5.41, 5.74) is 0.827. The molecule has 2 rings (SSSR count). The largest absolute Gasteiger partial charge is 0.480 e. The van der Waals surface area contributed by atoms with Crippen LogP contribution in [0.5, 0.6) is 5.88 Å². The Balaban J connectivity index is 2.09. The Kier molecular flexibility index (Phi) is 4.18. The number of aryl methyl sites for hydroxylation is 1. The first kappa shape index (κ1) is 13.6. The monoisotopic (exact) mass is 281 g/mol. The summed E-state index contributed by atoms with van der Waals surface area (Å²) in [6.07, 6.45) is 1.80. The van der Waals surface area contributed by atoms with Crippen LogP contribution < -0.4 is 10.1 Å². The van der Waals surface area contributed by atoms with E-state index in [-0.39, 0.29) is 0 Å². The zero-order valence-electron chi connectivity index (χ0n) is 10.7. The summed E-state index contributed by atoms with van der Waals surface area (Å²) in [4.78, 5) is 12.0. The molecule has 7 heteroatoms. The van der Waals surface area contributed by atoms with Crippen molar-refractivity contribution >= 4 is 17.3 Å². The van der Waals surface area contributed by atoms with Crippen molar-refractivity contribution in [3.63, 3.8) is 0 Å². The molecule has 0 amide bonds. The third-order valence-electron chi connectivity index (χ3n) is 2.63. The molecule has 1 unspecified atom stereocenters. The fourth-order valence-corrected chi connectivity index (χ4v) is 2.58. The van der Waals surface area contributed by atoms with Crippen LogP contribution in [-0.2, 0) is 18.4 Å². The predicted molar refractivity (Wildman–Crippen MR) is 71.3 cm³/mol. The van der Waals surface area contributed by atoms with E-state index in [1.54, 1.807) is 31.1 Å². The third kappa shape index (κ3) is 3.12. The van der Waals surface area contributed by atoms with Gasteiger partial charge in [0.1, 0.15) is 6.04 Å². The van der Waals surface area contributed by atoms with Crippen molar-refractivity contribution in [1.29, 1.82) is 0 Å². The van der Waals surface area contributed by atoms with E-state index in [0.717, 1.165) is 10.4 Å². The van der Waals surface area contributed by atoms with Crippen molar-refractivity contribution in [3.05, 3.63) is 34.2 Å². The van der Waals surface area contributed by atoms with E-state index in [4.69, 9.17) is 4.74 Å². The lowest BCUT2D eigenvalue weighted by molar-refractivity contribution is -0.139. The summed E-state index contributed by atoms with van der Waals surface area (Å²) in [5, 5.41) is 18.2. The first-order valence-electron chi connectivity index (χ1n) is 5.68. The SMILES string of the molecule is COc1nn(C)cc1CNC(C(=O)O)c1cccs1. The van der Waals surface area contributed by atoms with E-state index in [2.05, 4.69) is 10.4 Å². The smallest absolute Gasteiger partial charge is 0.326 e. The van der Waals surface area contributed by atoms with Gasteiger partial charge in [0.25, 0.3) is 0 Å². The average Bonchev–Trinajstić information content (AvgIpc) is 2.98. The van der Waals surface area contributed by atoms with Crippen LogP contribution in [0.1, 0.15) is 16.5 Å². The molecule has 0 aliphatic heterocycles. The molecule has 2 aromatic heterocycles. The number of aromatic nitrogens is 2. The molecule has 2 N–H and O–H groups in total. The number of ether oxygens (including phenoxy) is 1. The van der Waals surface area contributed by atoms with Gasteiger partial charge in [0.05, 0.1) is 7.11 Å². The van der Waals surface area contributed by atoms with E-state index in [0.29, 0.717) is 12.4 Å². The van der Waals surface area contributed by atoms with Crippen molar-refractivity contribution in [2.45, 2.75) is 12.6 Å². The summed E-state index contributed by atoms with van der Waals surface area (Å²) in [6, 6.07) is 2.92. The molecule has 0 bridgehead atoms. The van der Waals surface area contributed by atoms with Gasteiger partial charge >= 0.3 is 5.97 Å². The number of aliphatic carboxylic acids is 1. The average molecular weight is 281 g/mol. The van der Waals surface area contributed by atoms with E-state index in [9.17, 15) is 9.90 Å². The molecule has 2 heterocycles. The fraction of sp³-hybridized carbons (Fsp3) is 0.333. The highest BCUT2D eigenvalue weighted by Gasteiger charge is 2.21. The molecule has 2 aromatic rings. The third-order valence-corrected chi connectivity index (χ3v) is 3.57. The summed E-state index contributed by atoms with van der Waals surface area (Å²) >= 11 is 1.41. The van der Waals surface area contributed by atoms with Crippen LogP contribution in [0.3, 0.4) is 0 Å². The van der Waals surface area contributed by atoms with Gasteiger partial charge in [0.2, 0.25) is 5.88 Å². The fourth-order valence-electron chi connectivity index (χ4n) is 1.79. The van der Waals surface area contributed by atoms with Gasteiger partial charge in [0.15, 0.2) is 0 Å². The van der Waals surface area contributed by atoms with Crippen LogP contribution in [0.15, 0.2) is 23.7 Å². The second-order valence-corrected chi connectivity index (χ2v) is 4.98. The van der Waals surface area contributed by atoms with Gasteiger partial charge < -0.3 is 9.84 Å². The quantitative estimate of drug-likeness (QED) is 0.837. The molecule has 102 valence electrons. The van der Waals surface area contributed by atoms with Gasteiger partial charge in [-0.05, 0) is 11.4 Å². The Morgan fingerprint density at radius 3 is 3.05 bits per heavy atom. The van der Waals surface area contributed by atoms with Crippen LogP contribution in [0, 0.1) is 0 Å². The molecular formula is C12H15N3O3S. The minimum atomic E-state index is -0.898. The van der Waals surface area contributed by atoms with Crippen molar-refractivity contribution < 1.29 is 14.6 Å². The van der Waals surface area contributed by atoms with Gasteiger partial charge in [-0.25, -0.2) is 0 Å². The lowest BCUT2D eigenvalue weighted by Gasteiger charge is -2.12. The molecule has 0 radical (unpaired) electrons. The lowest BCUT2D eigenvalue weighted by Crippen LogP contribution is -2.27. The van der Waals surface area contributed by atoms with Crippen LogP contribution in [0.2, 0.25) is 0 Å². The van der Waals surface area contributed by atoms with E-state index in [1.165, 1.54) is 11.3 Å². The minimum absolute atomic E-state index is 0.381. The number of carbonyl (C=O) groups is 1. The molecule has 0 saturated carbocycles. The Hall–Kier alpha value is -1.86. The molecule has 19 heavy (non-hydrogen) atoms. The topological polar surface area (TPSA) is 76.4 Å². The number of hydrogen-bond acceptors (Lipinski definition) is 5. The van der Waals surface area contributed by atoms with Gasteiger partial charge in [-0.15, -0.1) is 16.4 Å². The van der Waals surface area contributed by atoms with E-state index in [1.807, 2.05) is 11.4 Å². The Labute approximate surface area is 114 Å². The highest BCUT2D eigenvalue weighted by Crippen LogP contribution is 2.21. The van der Waals surface area contributed by atoms with E-state index >= 15 is 0 Å². The maximum atomic E-state index is 11.3. The summed E-state index contributed by atoms with van der Waals surface area (Å²) in [7, 11) is 3.33.